The van der Waals surface area contributed by atoms with Crippen LogP contribution in [-0.4, -0.2) is 51.4 Å². The molecule has 0 unspecified atom stereocenters. The highest BCUT2D eigenvalue weighted by molar-refractivity contribution is 7.91. The molecule has 26 heavy (non-hydrogen) atoms. The van der Waals surface area contributed by atoms with E-state index in [1.165, 1.54) is 15.6 Å². The number of piperazine rings is 1. The number of carbonyl (C=O) groups is 1. The van der Waals surface area contributed by atoms with Gasteiger partial charge < -0.3 is 10.2 Å². The topological polar surface area (TPSA) is 70.9 Å². The molecule has 0 spiro atoms. The molecule has 1 aromatic heterocycles. The first-order valence-electron chi connectivity index (χ1n) is 8.29. The van der Waals surface area contributed by atoms with Crippen LogP contribution in [0, 0.1) is 6.92 Å². The van der Waals surface area contributed by atoms with Crippen LogP contribution in [0.3, 0.4) is 0 Å². The van der Waals surface area contributed by atoms with Gasteiger partial charge in [-0.15, -0.1) is 11.3 Å². The average molecular weight is 415 g/mol. The van der Waals surface area contributed by atoms with E-state index in [4.69, 9.17) is 11.6 Å². The zero-order chi connectivity index (χ0) is 18.7. The molecule has 1 aromatic carbocycles. The van der Waals surface area contributed by atoms with Crippen LogP contribution in [0.25, 0.3) is 0 Å². The third kappa shape index (κ3) is 4.44. The van der Waals surface area contributed by atoms with Gasteiger partial charge in [-0.3, -0.25) is 4.79 Å². The zero-order valence-corrected chi connectivity index (χ0v) is 16.8. The van der Waals surface area contributed by atoms with E-state index in [2.05, 4.69) is 5.32 Å². The average Bonchev–Trinajstić information content (AvgIpc) is 3.14. The lowest BCUT2D eigenvalue weighted by Crippen LogP contribution is -3.15. The van der Waals surface area contributed by atoms with Crippen LogP contribution in [0.4, 0.5) is 5.69 Å². The molecule has 1 aliphatic heterocycles. The van der Waals surface area contributed by atoms with Gasteiger partial charge in [-0.25, -0.2) is 8.42 Å². The van der Waals surface area contributed by atoms with Crippen molar-refractivity contribution in [1.29, 1.82) is 0 Å². The van der Waals surface area contributed by atoms with Crippen LogP contribution in [0.15, 0.2) is 39.9 Å². The van der Waals surface area contributed by atoms with E-state index in [0.29, 0.717) is 47.6 Å². The highest BCUT2D eigenvalue weighted by atomic mass is 35.5. The van der Waals surface area contributed by atoms with Gasteiger partial charge in [0.15, 0.2) is 6.54 Å². The van der Waals surface area contributed by atoms with Gasteiger partial charge in [0.1, 0.15) is 4.21 Å². The van der Waals surface area contributed by atoms with E-state index in [-0.39, 0.29) is 5.91 Å². The number of aryl methyl sites for hydroxylation is 1. The van der Waals surface area contributed by atoms with Crippen LogP contribution in [0.5, 0.6) is 0 Å². The Bertz CT molecular complexity index is 877. The van der Waals surface area contributed by atoms with E-state index in [1.807, 2.05) is 13.0 Å². The van der Waals surface area contributed by atoms with Crippen molar-refractivity contribution in [3.05, 3.63) is 46.3 Å². The molecule has 0 radical (unpaired) electrons. The second-order valence-corrected chi connectivity index (χ2v) is 9.82. The zero-order valence-electron chi connectivity index (χ0n) is 14.4. The molecule has 0 atom stereocenters. The second-order valence-electron chi connectivity index (χ2n) is 6.27. The Morgan fingerprint density at radius 3 is 2.69 bits per heavy atom. The second kappa shape index (κ2) is 8.06. The number of nitrogens with zero attached hydrogens (tertiary/aromatic N) is 1. The van der Waals surface area contributed by atoms with Gasteiger partial charge in [0.2, 0.25) is 0 Å². The van der Waals surface area contributed by atoms with Gasteiger partial charge in [-0.05, 0) is 36.1 Å². The lowest BCUT2D eigenvalue weighted by molar-refractivity contribution is -0.895. The number of thiophene rings is 1. The highest BCUT2D eigenvalue weighted by Crippen LogP contribution is 2.21. The third-order valence-corrected chi connectivity index (χ3v) is 7.91. The monoisotopic (exact) mass is 414 g/mol. The minimum absolute atomic E-state index is 0.0973. The predicted octanol–water partition coefficient (Wildman–Crippen LogP) is 1.24. The first-order chi connectivity index (χ1) is 12.4. The van der Waals surface area contributed by atoms with Crippen molar-refractivity contribution in [2.24, 2.45) is 0 Å². The standard InChI is InChI=1S/C17H20ClN3O3S2/c1-13-4-5-14(18)11-15(13)19-16(22)12-20-6-8-21(9-7-20)26(23,24)17-3-2-10-25-17/h2-5,10-11H,6-9,12H2,1H3,(H,19,22)/p+1. The van der Waals surface area contributed by atoms with E-state index in [9.17, 15) is 13.2 Å². The molecule has 140 valence electrons. The number of quaternary nitrogens is 1. The van der Waals surface area contributed by atoms with Crippen LogP contribution in [0.1, 0.15) is 5.56 Å². The first kappa shape index (κ1) is 19.3. The molecule has 1 aliphatic rings. The summed E-state index contributed by atoms with van der Waals surface area (Å²) in [5.74, 6) is -0.0973. The number of anilines is 1. The van der Waals surface area contributed by atoms with Crippen molar-refractivity contribution in [1.82, 2.24) is 4.31 Å². The van der Waals surface area contributed by atoms with Crippen molar-refractivity contribution in [3.63, 3.8) is 0 Å². The van der Waals surface area contributed by atoms with Gasteiger partial charge >= 0.3 is 0 Å². The summed E-state index contributed by atoms with van der Waals surface area (Å²) in [6.45, 7) is 4.25. The molecule has 9 heteroatoms. The van der Waals surface area contributed by atoms with Crippen molar-refractivity contribution in [2.75, 3.05) is 38.0 Å². The van der Waals surface area contributed by atoms with Crippen LogP contribution in [0.2, 0.25) is 5.02 Å². The summed E-state index contributed by atoms with van der Waals surface area (Å²) in [6, 6.07) is 8.74. The Kier molecular flexibility index (Phi) is 5.99. The van der Waals surface area contributed by atoms with Crippen molar-refractivity contribution in [2.45, 2.75) is 11.1 Å². The molecule has 0 saturated carbocycles. The molecule has 3 rings (SSSR count). The van der Waals surface area contributed by atoms with Crippen molar-refractivity contribution < 1.29 is 18.1 Å². The van der Waals surface area contributed by atoms with E-state index in [1.54, 1.807) is 29.6 Å². The maximum Gasteiger partial charge on any atom is 0.279 e. The van der Waals surface area contributed by atoms with Gasteiger partial charge in [0.05, 0.1) is 26.2 Å². The predicted molar refractivity (Wildman–Crippen MR) is 103 cm³/mol. The molecule has 2 heterocycles. The normalized spacial score (nSPS) is 16.5. The minimum Gasteiger partial charge on any atom is -0.325 e. The Morgan fingerprint density at radius 2 is 2.04 bits per heavy atom. The fraction of sp³-hybridized carbons (Fsp3) is 0.353. The number of halogens is 1. The maximum atomic E-state index is 12.5. The number of rotatable bonds is 5. The lowest BCUT2D eigenvalue weighted by Gasteiger charge is -2.30. The molecule has 1 saturated heterocycles. The summed E-state index contributed by atoms with van der Waals surface area (Å²) < 4.78 is 26.9. The Labute approximate surface area is 162 Å². The van der Waals surface area contributed by atoms with Crippen LogP contribution < -0.4 is 10.2 Å². The number of amides is 1. The molecule has 2 aromatic rings. The van der Waals surface area contributed by atoms with Crippen molar-refractivity contribution in [3.8, 4) is 0 Å². The number of benzene rings is 1. The van der Waals surface area contributed by atoms with E-state index >= 15 is 0 Å². The van der Waals surface area contributed by atoms with Gasteiger partial charge in [-0.2, -0.15) is 4.31 Å². The van der Waals surface area contributed by atoms with Gasteiger partial charge in [0.25, 0.3) is 15.9 Å². The fourth-order valence-electron chi connectivity index (χ4n) is 2.91. The van der Waals surface area contributed by atoms with E-state index < -0.39 is 10.0 Å². The molecular formula is C17H21ClN3O3S2+. The summed E-state index contributed by atoms with van der Waals surface area (Å²) in [5, 5.41) is 5.22. The Morgan fingerprint density at radius 1 is 1.31 bits per heavy atom. The number of sulfonamides is 1. The molecular weight excluding hydrogens is 394 g/mol. The number of hydrogen-bond donors (Lipinski definition) is 2. The summed E-state index contributed by atoms with van der Waals surface area (Å²) in [4.78, 5) is 13.4. The summed E-state index contributed by atoms with van der Waals surface area (Å²) in [6.07, 6.45) is 0. The van der Waals surface area contributed by atoms with Crippen LogP contribution >= 0.6 is 22.9 Å². The fourth-order valence-corrected chi connectivity index (χ4v) is 5.67. The lowest BCUT2D eigenvalue weighted by atomic mass is 10.2. The summed E-state index contributed by atoms with van der Waals surface area (Å²) in [5.41, 5.74) is 1.66. The largest absolute Gasteiger partial charge is 0.325 e. The minimum atomic E-state index is -3.41. The Hall–Kier alpha value is -1.45. The smallest absolute Gasteiger partial charge is 0.279 e. The number of hydrogen-bond acceptors (Lipinski definition) is 4. The molecule has 6 nitrogen and oxygen atoms in total. The number of carbonyl (C=O) groups excluding carboxylic acids is 1. The molecule has 1 amide bonds. The van der Waals surface area contributed by atoms with E-state index in [0.717, 1.165) is 10.5 Å². The molecule has 2 N–H and O–H groups in total. The molecule has 1 fully saturated rings. The molecule has 0 bridgehead atoms. The SMILES string of the molecule is Cc1ccc(Cl)cc1NC(=O)C[NH+]1CCN(S(=O)(=O)c2cccs2)CC1. The third-order valence-electron chi connectivity index (χ3n) is 4.40. The highest BCUT2D eigenvalue weighted by Gasteiger charge is 2.31. The summed E-state index contributed by atoms with van der Waals surface area (Å²) >= 11 is 7.20. The summed E-state index contributed by atoms with van der Waals surface area (Å²) in [7, 11) is -3.41. The van der Waals surface area contributed by atoms with Gasteiger partial charge in [-0.1, -0.05) is 23.7 Å². The first-order valence-corrected chi connectivity index (χ1v) is 11.0. The maximum absolute atomic E-state index is 12.5. The van der Waals surface area contributed by atoms with Crippen molar-refractivity contribution >= 4 is 44.6 Å². The molecule has 0 aliphatic carbocycles. The quantitative estimate of drug-likeness (QED) is 0.773. The Balaban J connectivity index is 1.54. The van der Waals surface area contributed by atoms with Gasteiger partial charge in [0, 0.05) is 10.7 Å². The number of nitrogens with one attached hydrogen (secondary N) is 2. The van der Waals surface area contributed by atoms with Crippen LogP contribution in [-0.2, 0) is 14.8 Å².